The van der Waals surface area contributed by atoms with Gasteiger partial charge in [-0.3, -0.25) is 0 Å². The number of aromatic nitrogens is 3. The van der Waals surface area contributed by atoms with Crippen molar-refractivity contribution in [3.05, 3.63) is 17.0 Å². The van der Waals surface area contributed by atoms with E-state index in [0.717, 1.165) is 4.88 Å². The van der Waals surface area contributed by atoms with Crippen LogP contribution in [-0.2, 0) is 0 Å². The van der Waals surface area contributed by atoms with Gasteiger partial charge in [-0.15, -0.1) is 11.3 Å². The summed E-state index contributed by atoms with van der Waals surface area (Å²) >= 11 is 1.33. The standard InChI is InChI=1S/C10H9N5OS/c1-12-9-13-8(14-10(15-9)16-2)7-4-3-6(5-11)17-7/h3-4H,1-2H3,(H,12,13,14,15). The number of ether oxygens (including phenoxy) is 1. The van der Waals surface area contributed by atoms with E-state index < -0.39 is 0 Å². The van der Waals surface area contributed by atoms with Gasteiger partial charge in [-0.2, -0.15) is 20.2 Å². The number of nitriles is 1. The smallest absolute Gasteiger partial charge is 0.321 e. The second-order valence-corrected chi connectivity index (χ2v) is 4.08. The molecule has 2 rings (SSSR count). The lowest BCUT2D eigenvalue weighted by Gasteiger charge is -2.03. The van der Waals surface area contributed by atoms with Crippen molar-refractivity contribution in [1.29, 1.82) is 5.26 Å². The molecule has 86 valence electrons. The van der Waals surface area contributed by atoms with Crippen LogP contribution in [0, 0.1) is 11.3 Å². The molecular formula is C10H9N5OS. The lowest BCUT2D eigenvalue weighted by Crippen LogP contribution is -2.02. The molecule has 7 heteroatoms. The third-order valence-electron chi connectivity index (χ3n) is 1.96. The van der Waals surface area contributed by atoms with Gasteiger partial charge in [0.25, 0.3) is 0 Å². The van der Waals surface area contributed by atoms with E-state index in [2.05, 4.69) is 26.3 Å². The molecule has 0 aliphatic heterocycles. The third-order valence-corrected chi connectivity index (χ3v) is 2.94. The molecule has 0 radical (unpaired) electrons. The summed E-state index contributed by atoms with van der Waals surface area (Å²) in [5.41, 5.74) is 0. The molecule has 0 aliphatic carbocycles. The van der Waals surface area contributed by atoms with E-state index in [9.17, 15) is 0 Å². The molecule has 2 aromatic rings. The lowest BCUT2D eigenvalue weighted by atomic mass is 10.4. The van der Waals surface area contributed by atoms with Crippen molar-refractivity contribution in [2.24, 2.45) is 0 Å². The fourth-order valence-electron chi connectivity index (χ4n) is 1.19. The molecule has 0 bridgehead atoms. The van der Waals surface area contributed by atoms with Crippen molar-refractivity contribution < 1.29 is 4.74 Å². The first-order chi connectivity index (χ1) is 8.26. The second-order valence-electron chi connectivity index (χ2n) is 3.00. The second kappa shape index (κ2) is 4.76. The predicted molar refractivity (Wildman–Crippen MR) is 64.0 cm³/mol. The van der Waals surface area contributed by atoms with Gasteiger partial charge in [0.15, 0.2) is 5.82 Å². The van der Waals surface area contributed by atoms with Gasteiger partial charge in [-0.1, -0.05) is 0 Å². The van der Waals surface area contributed by atoms with Crippen molar-refractivity contribution in [3.63, 3.8) is 0 Å². The van der Waals surface area contributed by atoms with Crippen LogP contribution in [0.1, 0.15) is 4.88 Å². The first-order valence-electron chi connectivity index (χ1n) is 4.75. The molecular weight excluding hydrogens is 238 g/mol. The van der Waals surface area contributed by atoms with E-state index in [1.165, 1.54) is 18.4 Å². The van der Waals surface area contributed by atoms with E-state index in [1.807, 2.05) is 0 Å². The zero-order valence-electron chi connectivity index (χ0n) is 9.26. The van der Waals surface area contributed by atoms with Crippen LogP contribution in [0.2, 0.25) is 0 Å². The zero-order valence-corrected chi connectivity index (χ0v) is 10.1. The Balaban J connectivity index is 2.47. The van der Waals surface area contributed by atoms with Crippen molar-refractivity contribution in [2.75, 3.05) is 19.5 Å². The normalized spacial score (nSPS) is 9.71. The first kappa shape index (κ1) is 11.3. The molecule has 0 unspecified atom stereocenters. The Bertz CT molecular complexity index is 552. The fraction of sp³-hybridized carbons (Fsp3) is 0.200. The Labute approximate surface area is 102 Å². The average molecular weight is 247 g/mol. The number of nitrogens with zero attached hydrogens (tertiary/aromatic N) is 4. The highest BCUT2D eigenvalue weighted by Crippen LogP contribution is 2.26. The van der Waals surface area contributed by atoms with E-state index in [-0.39, 0.29) is 6.01 Å². The maximum atomic E-state index is 8.77. The zero-order chi connectivity index (χ0) is 12.3. The van der Waals surface area contributed by atoms with Crippen LogP contribution in [0.3, 0.4) is 0 Å². The van der Waals surface area contributed by atoms with Crippen LogP contribution in [0.15, 0.2) is 12.1 Å². The molecule has 2 aromatic heterocycles. The Hall–Kier alpha value is -2.20. The summed E-state index contributed by atoms with van der Waals surface area (Å²) in [6, 6.07) is 5.85. The number of hydrogen-bond donors (Lipinski definition) is 1. The Kier molecular flexibility index (Phi) is 3.16. The summed E-state index contributed by atoms with van der Waals surface area (Å²) in [6.07, 6.45) is 0. The molecule has 0 atom stereocenters. The summed E-state index contributed by atoms with van der Waals surface area (Å²) in [7, 11) is 3.21. The maximum absolute atomic E-state index is 8.77. The fourth-order valence-corrected chi connectivity index (χ4v) is 1.93. The highest BCUT2D eigenvalue weighted by Gasteiger charge is 2.10. The van der Waals surface area contributed by atoms with Crippen LogP contribution >= 0.6 is 11.3 Å². The predicted octanol–water partition coefficient (Wildman–Crippen LogP) is 1.52. The number of thiophene rings is 1. The minimum absolute atomic E-state index is 0.242. The summed E-state index contributed by atoms with van der Waals surface area (Å²) in [4.78, 5) is 13.8. The van der Waals surface area contributed by atoms with Gasteiger partial charge in [0.2, 0.25) is 5.95 Å². The quantitative estimate of drug-likeness (QED) is 0.885. The molecule has 17 heavy (non-hydrogen) atoms. The summed E-state index contributed by atoms with van der Waals surface area (Å²) in [6.45, 7) is 0. The minimum Gasteiger partial charge on any atom is -0.467 e. The molecule has 0 saturated carbocycles. The summed E-state index contributed by atoms with van der Waals surface area (Å²) < 4.78 is 4.99. The Morgan fingerprint density at radius 3 is 2.76 bits per heavy atom. The molecule has 2 heterocycles. The Morgan fingerprint density at radius 1 is 1.35 bits per heavy atom. The van der Waals surface area contributed by atoms with Crippen LogP contribution in [0.4, 0.5) is 5.95 Å². The summed E-state index contributed by atoms with van der Waals surface area (Å²) in [5, 5.41) is 11.6. The Morgan fingerprint density at radius 2 is 2.18 bits per heavy atom. The van der Waals surface area contributed by atoms with Gasteiger partial charge in [0.05, 0.1) is 12.0 Å². The van der Waals surface area contributed by atoms with Crippen molar-refractivity contribution in [2.45, 2.75) is 0 Å². The minimum atomic E-state index is 0.242. The number of rotatable bonds is 3. The lowest BCUT2D eigenvalue weighted by molar-refractivity contribution is 0.379. The number of methoxy groups -OCH3 is 1. The van der Waals surface area contributed by atoms with E-state index in [1.54, 1.807) is 19.2 Å². The first-order valence-corrected chi connectivity index (χ1v) is 5.56. The van der Waals surface area contributed by atoms with E-state index in [4.69, 9.17) is 10.00 Å². The van der Waals surface area contributed by atoms with Crippen LogP contribution in [0.5, 0.6) is 6.01 Å². The SMILES string of the molecule is CNc1nc(OC)nc(-c2ccc(C#N)s2)n1. The van der Waals surface area contributed by atoms with Crippen LogP contribution < -0.4 is 10.1 Å². The molecule has 0 fully saturated rings. The molecule has 0 spiro atoms. The van der Waals surface area contributed by atoms with Gasteiger partial charge >= 0.3 is 6.01 Å². The molecule has 6 nitrogen and oxygen atoms in total. The summed E-state index contributed by atoms with van der Waals surface area (Å²) in [5.74, 6) is 0.923. The van der Waals surface area contributed by atoms with Gasteiger partial charge in [0.1, 0.15) is 10.9 Å². The largest absolute Gasteiger partial charge is 0.467 e. The van der Waals surface area contributed by atoms with Gasteiger partial charge in [0, 0.05) is 7.05 Å². The number of anilines is 1. The van der Waals surface area contributed by atoms with Crippen molar-refractivity contribution in [3.8, 4) is 22.8 Å². The van der Waals surface area contributed by atoms with Crippen LogP contribution in [-0.4, -0.2) is 29.1 Å². The molecule has 0 aromatic carbocycles. The van der Waals surface area contributed by atoms with Crippen molar-refractivity contribution in [1.82, 2.24) is 15.0 Å². The maximum Gasteiger partial charge on any atom is 0.321 e. The van der Waals surface area contributed by atoms with Crippen molar-refractivity contribution >= 4 is 17.3 Å². The van der Waals surface area contributed by atoms with Gasteiger partial charge < -0.3 is 10.1 Å². The molecule has 0 amide bonds. The average Bonchev–Trinajstić information content (AvgIpc) is 2.86. The topological polar surface area (TPSA) is 83.7 Å². The molecule has 1 N–H and O–H groups in total. The van der Waals surface area contributed by atoms with Crippen LogP contribution in [0.25, 0.3) is 10.7 Å². The molecule has 0 aliphatic rings. The van der Waals surface area contributed by atoms with Gasteiger partial charge in [-0.25, -0.2) is 0 Å². The monoisotopic (exact) mass is 247 g/mol. The highest BCUT2D eigenvalue weighted by molar-refractivity contribution is 7.15. The highest BCUT2D eigenvalue weighted by atomic mass is 32.1. The molecule has 0 saturated heterocycles. The van der Waals surface area contributed by atoms with E-state index in [0.29, 0.717) is 16.6 Å². The van der Waals surface area contributed by atoms with E-state index >= 15 is 0 Å². The number of hydrogen-bond acceptors (Lipinski definition) is 7. The number of nitrogens with one attached hydrogen (secondary N) is 1. The third kappa shape index (κ3) is 2.32. The van der Waals surface area contributed by atoms with Gasteiger partial charge in [-0.05, 0) is 12.1 Å².